The Kier molecular flexibility index (Phi) is 3.95. The van der Waals surface area contributed by atoms with Crippen molar-refractivity contribution in [3.63, 3.8) is 0 Å². The van der Waals surface area contributed by atoms with Crippen molar-refractivity contribution >= 4 is 0 Å². The van der Waals surface area contributed by atoms with Crippen molar-refractivity contribution in [3.8, 4) is 0 Å². The molecule has 17 heavy (non-hydrogen) atoms. The van der Waals surface area contributed by atoms with Gasteiger partial charge in [-0.3, -0.25) is 0 Å². The second-order valence-electron chi connectivity index (χ2n) is 4.89. The average molecular weight is 234 g/mol. The molecule has 0 amide bonds. The summed E-state index contributed by atoms with van der Waals surface area (Å²) in [6.07, 6.45) is 7.71. The molecule has 1 N–H and O–H groups in total. The molecule has 0 bridgehead atoms. The molecule has 2 heteroatoms. The SMILES string of the molecule is Cc1cc(F)ccc1CC(O)C1CC=CCC1. The number of halogens is 1. The number of rotatable bonds is 3. The van der Waals surface area contributed by atoms with Crippen LogP contribution in [0.5, 0.6) is 0 Å². The Morgan fingerprint density at radius 3 is 2.88 bits per heavy atom. The molecule has 1 aliphatic rings. The maximum absolute atomic E-state index is 13.0. The van der Waals surface area contributed by atoms with Gasteiger partial charge in [0.2, 0.25) is 0 Å². The first-order valence-corrected chi connectivity index (χ1v) is 6.25. The van der Waals surface area contributed by atoms with Gasteiger partial charge < -0.3 is 5.11 Å². The van der Waals surface area contributed by atoms with Gasteiger partial charge in [-0.2, -0.15) is 0 Å². The molecule has 1 aromatic carbocycles. The van der Waals surface area contributed by atoms with Crippen LogP contribution in [0.4, 0.5) is 4.39 Å². The van der Waals surface area contributed by atoms with Gasteiger partial charge in [0, 0.05) is 0 Å². The Morgan fingerprint density at radius 2 is 2.24 bits per heavy atom. The van der Waals surface area contributed by atoms with Gasteiger partial charge in [-0.25, -0.2) is 4.39 Å². The number of aliphatic hydroxyl groups is 1. The molecule has 2 rings (SSSR count). The van der Waals surface area contributed by atoms with Crippen LogP contribution in [0.25, 0.3) is 0 Å². The fraction of sp³-hybridized carbons (Fsp3) is 0.467. The lowest BCUT2D eigenvalue weighted by atomic mass is 9.86. The van der Waals surface area contributed by atoms with Crippen LogP contribution in [0.2, 0.25) is 0 Å². The molecule has 1 aliphatic carbocycles. The van der Waals surface area contributed by atoms with Crippen LogP contribution in [0.3, 0.4) is 0 Å². The number of aliphatic hydroxyl groups excluding tert-OH is 1. The predicted molar refractivity (Wildman–Crippen MR) is 67.3 cm³/mol. The smallest absolute Gasteiger partial charge is 0.123 e. The normalized spacial score (nSPS) is 21.5. The largest absolute Gasteiger partial charge is 0.392 e. The van der Waals surface area contributed by atoms with E-state index >= 15 is 0 Å². The van der Waals surface area contributed by atoms with Crippen molar-refractivity contribution in [3.05, 3.63) is 47.3 Å². The summed E-state index contributed by atoms with van der Waals surface area (Å²) in [4.78, 5) is 0. The molecule has 0 heterocycles. The quantitative estimate of drug-likeness (QED) is 0.795. The van der Waals surface area contributed by atoms with Gasteiger partial charge in [0.1, 0.15) is 5.82 Å². The third kappa shape index (κ3) is 3.16. The Balaban J connectivity index is 2.02. The first-order chi connectivity index (χ1) is 8.16. The zero-order chi connectivity index (χ0) is 12.3. The summed E-state index contributed by atoms with van der Waals surface area (Å²) in [5, 5.41) is 10.2. The van der Waals surface area contributed by atoms with Gasteiger partial charge in [-0.15, -0.1) is 0 Å². The van der Waals surface area contributed by atoms with Crippen molar-refractivity contribution in [1.82, 2.24) is 0 Å². The Labute approximate surface area is 102 Å². The molecule has 0 aliphatic heterocycles. The molecule has 92 valence electrons. The number of hydrogen-bond donors (Lipinski definition) is 1. The van der Waals surface area contributed by atoms with E-state index in [0.717, 1.165) is 30.4 Å². The van der Waals surface area contributed by atoms with Gasteiger partial charge in [0.15, 0.2) is 0 Å². The van der Waals surface area contributed by atoms with Crippen LogP contribution in [0.1, 0.15) is 30.4 Å². The summed E-state index contributed by atoms with van der Waals surface area (Å²) in [7, 11) is 0. The highest BCUT2D eigenvalue weighted by atomic mass is 19.1. The van der Waals surface area contributed by atoms with E-state index in [4.69, 9.17) is 0 Å². The summed E-state index contributed by atoms with van der Waals surface area (Å²) in [6, 6.07) is 4.78. The molecule has 0 fully saturated rings. The topological polar surface area (TPSA) is 20.2 Å². The lowest BCUT2D eigenvalue weighted by Gasteiger charge is -2.24. The van der Waals surface area contributed by atoms with Crippen molar-refractivity contribution in [2.24, 2.45) is 5.92 Å². The fourth-order valence-corrected chi connectivity index (χ4v) is 2.45. The van der Waals surface area contributed by atoms with Gasteiger partial charge in [-0.1, -0.05) is 18.2 Å². The van der Waals surface area contributed by atoms with E-state index in [-0.39, 0.29) is 11.9 Å². The van der Waals surface area contributed by atoms with E-state index in [1.807, 2.05) is 6.92 Å². The fourth-order valence-electron chi connectivity index (χ4n) is 2.45. The minimum absolute atomic E-state index is 0.207. The van der Waals surface area contributed by atoms with E-state index in [1.165, 1.54) is 12.1 Å². The summed E-state index contributed by atoms with van der Waals surface area (Å²) < 4.78 is 13.0. The minimum Gasteiger partial charge on any atom is -0.392 e. The predicted octanol–water partition coefficient (Wildman–Crippen LogP) is 3.39. The highest BCUT2D eigenvalue weighted by molar-refractivity contribution is 5.27. The minimum atomic E-state index is -0.316. The van der Waals surface area contributed by atoms with Crippen LogP contribution >= 0.6 is 0 Å². The molecule has 0 saturated heterocycles. The first kappa shape index (κ1) is 12.3. The van der Waals surface area contributed by atoms with Crippen LogP contribution < -0.4 is 0 Å². The maximum Gasteiger partial charge on any atom is 0.123 e. The molecule has 2 unspecified atom stereocenters. The van der Waals surface area contributed by atoms with Crippen molar-refractivity contribution in [2.75, 3.05) is 0 Å². The Hall–Kier alpha value is -1.15. The molecule has 0 spiro atoms. The highest BCUT2D eigenvalue weighted by Gasteiger charge is 2.20. The Bertz CT molecular complexity index is 411. The third-order valence-electron chi connectivity index (χ3n) is 3.59. The molecule has 1 nitrogen and oxygen atoms in total. The number of benzene rings is 1. The lowest BCUT2D eigenvalue weighted by molar-refractivity contribution is 0.102. The summed E-state index contributed by atoms with van der Waals surface area (Å²) in [5.41, 5.74) is 1.98. The van der Waals surface area contributed by atoms with Gasteiger partial charge >= 0.3 is 0 Å². The van der Waals surface area contributed by atoms with Crippen LogP contribution in [0, 0.1) is 18.7 Å². The van der Waals surface area contributed by atoms with Crippen molar-refractivity contribution in [1.29, 1.82) is 0 Å². The molecule has 0 aromatic heterocycles. The standard InChI is InChI=1S/C15H19FO/c1-11-9-14(16)8-7-13(11)10-15(17)12-5-3-2-4-6-12/h2-3,7-9,12,15,17H,4-6,10H2,1H3. The van der Waals surface area contributed by atoms with Gasteiger partial charge in [-0.05, 0) is 61.8 Å². The van der Waals surface area contributed by atoms with Crippen molar-refractivity contribution in [2.45, 2.75) is 38.7 Å². The van der Waals surface area contributed by atoms with E-state index < -0.39 is 0 Å². The van der Waals surface area contributed by atoms with Crippen LogP contribution in [0.15, 0.2) is 30.4 Å². The number of allylic oxidation sites excluding steroid dienone is 2. The second kappa shape index (κ2) is 5.46. The molecule has 2 atom stereocenters. The third-order valence-corrected chi connectivity index (χ3v) is 3.59. The van der Waals surface area contributed by atoms with E-state index in [0.29, 0.717) is 12.3 Å². The lowest BCUT2D eigenvalue weighted by Crippen LogP contribution is -2.24. The summed E-state index contributed by atoms with van der Waals surface area (Å²) in [5.74, 6) is 0.144. The zero-order valence-electron chi connectivity index (χ0n) is 10.2. The first-order valence-electron chi connectivity index (χ1n) is 6.25. The monoisotopic (exact) mass is 234 g/mol. The average Bonchev–Trinajstić information content (AvgIpc) is 2.34. The molecule has 0 radical (unpaired) electrons. The maximum atomic E-state index is 13.0. The zero-order valence-corrected chi connectivity index (χ0v) is 10.2. The molecular formula is C15H19FO. The van der Waals surface area contributed by atoms with Gasteiger partial charge in [0.25, 0.3) is 0 Å². The van der Waals surface area contributed by atoms with Gasteiger partial charge in [0.05, 0.1) is 6.10 Å². The van der Waals surface area contributed by atoms with Crippen LogP contribution in [-0.2, 0) is 6.42 Å². The van der Waals surface area contributed by atoms with Crippen molar-refractivity contribution < 1.29 is 9.50 Å². The van der Waals surface area contributed by atoms with E-state index in [2.05, 4.69) is 12.2 Å². The van der Waals surface area contributed by atoms with E-state index in [9.17, 15) is 9.50 Å². The van der Waals surface area contributed by atoms with E-state index in [1.54, 1.807) is 6.07 Å². The summed E-state index contributed by atoms with van der Waals surface area (Å²) >= 11 is 0. The highest BCUT2D eigenvalue weighted by Crippen LogP contribution is 2.24. The summed E-state index contributed by atoms with van der Waals surface area (Å²) in [6.45, 7) is 1.89. The number of aryl methyl sites for hydroxylation is 1. The molecule has 0 saturated carbocycles. The Morgan fingerprint density at radius 1 is 1.41 bits per heavy atom. The second-order valence-corrected chi connectivity index (χ2v) is 4.89. The number of hydrogen-bond acceptors (Lipinski definition) is 1. The van der Waals surface area contributed by atoms with Crippen LogP contribution in [-0.4, -0.2) is 11.2 Å². The molecular weight excluding hydrogens is 215 g/mol. The molecule has 1 aromatic rings.